The van der Waals surface area contributed by atoms with Gasteiger partial charge in [0.1, 0.15) is 36.2 Å². The molecule has 5 aromatic rings. The van der Waals surface area contributed by atoms with Crippen molar-refractivity contribution in [2.24, 2.45) is 0 Å². The zero-order valence-corrected chi connectivity index (χ0v) is 40.0. The number of hydrogen-bond acceptors (Lipinski definition) is 13. The molecule has 8 rings (SSSR count). The first-order valence-corrected chi connectivity index (χ1v) is 25.8. The van der Waals surface area contributed by atoms with Gasteiger partial charge in [0, 0.05) is 98.7 Å². The van der Waals surface area contributed by atoms with Crippen molar-refractivity contribution >= 4 is 79.9 Å². The molecule has 65 heavy (non-hydrogen) atoms. The Morgan fingerprint density at radius 3 is 2.32 bits per heavy atom. The molecular weight excluding hydrogens is 917 g/mol. The molecule has 2 amide bonds. The number of fused-ring (bicyclic) bond motifs is 1. The lowest BCUT2D eigenvalue weighted by Gasteiger charge is -2.43. The molecule has 2 aromatic heterocycles. The van der Waals surface area contributed by atoms with Crippen LogP contribution in [0.5, 0.6) is 5.75 Å². The van der Waals surface area contributed by atoms with Crippen LogP contribution in [0.25, 0.3) is 10.9 Å². The van der Waals surface area contributed by atoms with E-state index in [-0.39, 0.29) is 18.4 Å². The van der Waals surface area contributed by atoms with E-state index in [2.05, 4.69) is 80.6 Å². The van der Waals surface area contributed by atoms with Crippen molar-refractivity contribution in [3.8, 4) is 5.75 Å². The number of nitrogens with one attached hydrogen (secondary N) is 3. The first-order chi connectivity index (χ1) is 31.2. The van der Waals surface area contributed by atoms with E-state index in [4.69, 9.17) is 9.72 Å². The highest BCUT2D eigenvalue weighted by atomic mass is 79.9. The number of carbonyl (C=O) groups is 2. The van der Waals surface area contributed by atoms with Gasteiger partial charge in [-0.15, -0.1) is 0 Å². The molecule has 0 aliphatic carbocycles. The molecule has 0 spiro atoms. The van der Waals surface area contributed by atoms with Crippen molar-refractivity contribution in [3.63, 3.8) is 0 Å². The Kier molecular flexibility index (Phi) is 14.1. The molecule has 3 N–H and O–H groups in total. The number of piperazine rings is 1. The van der Waals surface area contributed by atoms with E-state index in [0.29, 0.717) is 70.0 Å². The Morgan fingerprint density at radius 1 is 0.908 bits per heavy atom. The van der Waals surface area contributed by atoms with E-state index in [9.17, 15) is 14.2 Å². The Balaban J connectivity index is 0.883. The van der Waals surface area contributed by atoms with Gasteiger partial charge in [-0.05, 0) is 117 Å². The molecule has 3 aliphatic heterocycles. The number of halogens is 3. The van der Waals surface area contributed by atoms with Crippen LogP contribution < -0.4 is 30.9 Å². The first-order valence-electron chi connectivity index (χ1n) is 22.4. The molecule has 344 valence electrons. The fourth-order valence-electron chi connectivity index (χ4n) is 9.39. The number of ether oxygens (including phenoxy) is 1. The lowest BCUT2D eigenvalue weighted by molar-refractivity contribution is -0.134. The summed E-state index contributed by atoms with van der Waals surface area (Å²) < 4.78 is 50.7. The minimum absolute atomic E-state index is 0.0635. The molecule has 1 atom stereocenters. The number of rotatable bonds is 14. The number of aryl methyl sites for hydroxylation is 2. The molecule has 18 heteroatoms. The smallest absolute Gasteiger partial charge is 0.234 e. The van der Waals surface area contributed by atoms with Gasteiger partial charge in [0.25, 0.3) is 0 Å². The molecule has 3 aromatic carbocycles. The molecule has 0 radical (unpaired) electrons. The van der Waals surface area contributed by atoms with E-state index in [1.807, 2.05) is 26.0 Å². The SMILES string of the molecule is CCOc1cc(N2CCC(N3CCN(CCc4cc(F)c(C5CCC(=O)NC5=O)c(F)c4)CC3)CC2)c(CC)cc1Nc1ncc(Br)c(Nc2ccc3nc(C)ncc3c2P(C)(C)=O)n1. The molecule has 5 heterocycles. The number of amides is 2. The zero-order chi connectivity index (χ0) is 46.0. The molecule has 1 unspecified atom stereocenters. The summed E-state index contributed by atoms with van der Waals surface area (Å²) in [5.41, 5.74) is 4.80. The van der Waals surface area contributed by atoms with E-state index in [0.717, 1.165) is 80.8 Å². The summed E-state index contributed by atoms with van der Waals surface area (Å²) in [7, 11) is -2.78. The van der Waals surface area contributed by atoms with Crippen LogP contribution in [0.15, 0.2) is 53.3 Å². The minimum atomic E-state index is -2.78. The van der Waals surface area contributed by atoms with Gasteiger partial charge in [-0.25, -0.2) is 23.7 Å². The van der Waals surface area contributed by atoms with Gasteiger partial charge in [-0.3, -0.25) is 19.8 Å². The van der Waals surface area contributed by atoms with Crippen molar-refractivity contribution in [1.29, 1.82) is 0 Å². The Morgan fingerprint density at radius 2 is 1.65 bits per heavy atom. The Hall–Kier alpha value is -5.09. The van der Waals surface area contributed by atoms with Gasteiger partial charge in [-0.1, -0.05) is 6.92 Å². The summed E-state index contributed by atoms with van der Waals surface area (Å²) in [6, 6.07) is 11.2. The summed E-state index contributed by atoms with van der Waals surface area (Å²) in [6.07, 6.45) is 6.96. The number of hydrogen-bond donors (Lipinski definition) is 3. The van der Waals surface area contributed by atoms with Crippen LogP contribution in [0.1, 0.15) is 68.0 Å². The maximum absolute atomic E-state index is 15.1. The summed E-state index contributed by atoms with van der Waals surface area (Å²) in [4.78, 5) is 49.6. The molecular formula is C47H56BrF2N10O4P. The fourth-order valence-corrected chi connectivity index (χ4v) is 11.1. The zero-order valence-electron chi connectivity index (χ0n) is 37.5. The number of aromatic nitrogens is 4. The third-order valence-electron chi connectivity index (χ3n) is 12.7. The lowest BCUT2D eigenvalue weighted by atomic mass is 9.89. The summed E-state index contributed by atoms with van der Waals surface area (Å²) >= 11 is 3.61. The maximum Gasteiger partial charge on any atom is 0.234 e. The Labute approximate surface area is 386 Å². The maximum atomic E-state index is 15.1. The van der Waals surface area contributed by atoms with Crippen LogP contribution in [0, 0.1) is 18.6 Å². The van der Waals surface area contributed by atoms with Crippen LogP contribution in [-0.4, -0.2) is 113 Å². The normalized spacial score (nSPS) is 18.0. The summed E-state index contributed by atoms with van der Waals surface area (Å²) in [5, 5.41) is 10.4. The number of benzene rings is 3. The summed E-state index contributed by atoms with van der Waals surface area (Å²) in [6.45, 7) is 16.1. The standard InChI is InChI=1S/C47H56BrF2N10O4P/c1-6-30-24-39(55-47-52-27-34(48)45(57-47)54-38-10-9-37-33(26-51-28(3)53-37)44(38)65(4,5)63)41(64-7-2)25-40(30)60-16-13-31(14-17-60)59-20-18-58(19-21-59)15-12-29-22-35(49)43(36(50)23-29)32-8-11-42(61)56-46(32)62/h9-10,22-27,31-32H,6-8,11-21H2,1-5H3,(H,56,61,62)(H2,52,54,55,57). The second-order valence-electron chi connectivity index (χ2n) is 17.4. The van der Waals surface area contributed by atoms with Crippen molar-refractivity contribution in [2.45, 2.75) is 71.3 Å². The van der Waals surface area contributed by atoms with Gasteiger partial charge in [0.2, 0.25) is 17.8 Å². The van der Waals surface area contributed by atoms with Crippen LogP contribution in [-0.2, 0) is 27.0 Å². The van der Waals surface area contributed by atoms with Gasteiger partial charge in [0.05, 0.1) is 33.9 Å². The van der Waals surface area contributed by atoms with E-state index >= 15 is 8.78 Å². The van der Waals surface area contributed by atoms with Gasteiger partial charge < -0.3 is 29.7 Å². The third kappa shape index (κ3) is 10.5. The van der Waals surface area contributed by atoms with Crippen molar-refractivity contribution in [1.82, 2.24) is 35.1 Å². The third-order valence-corrected chi connectivity index (χ3v) is 14.8. The number of carbonyl (C=O) groups excluding carboxylic acids is 2. The van der Waals surface area contributed by atoms with Gasteiger partial charge in [-0.2, -0.15) is 4.98 Å². The topological polar surface area (TPSA) is 158 Å². The van der Waals surface area contributed by atoms with Crippen LogP contribution in [0.4, 0.5) is 37.6 Å². The largest absolute Gasteiger partial charge is 0.492 e. The van der Waals surface area contributed by atoms with E-state index in [1.54, 1.807) is 25.7 Å². The highest BCUT2D eigenvalue weighted by Gasteiger charge is 2.33. The molecule has 0 saturated carbocycles. The Bertz CT molecular complexity index is 2630. The van der Waals surface area contributed by atoms with Crippen molar-refractivity contribution in [3.05, 3.63) is 87.4 Å². The molecule has 0 bridgehead atoms. The molecule has 3 aliphatic rings. The van der Waals surface area contributed by atoms with Gasteiger partial charge >= 0.3 is 0 Å². The molecule has 3 fully saturated rings. The molecule has 14 nitrogen and oxygen atoms in total. The van der Waals surface area contributed by atoms with E-state index < -0.39 is 36.5 Å². The number of piperidine rings is 2. The highest BCUT2D eigenvalue weighted by molar-refractivity contribution is 9.10. The quantitative estimate of drug-likeness (QED) is 0.0732. The first kappa shape index (κ1) is 46.4. The average Bonchev–Trinajstić information content (AvgIpc) is 3.27. The second kappa shape index (κ2) is 19.8. The fraction of sp³-hybridized carbons (Fsp3) is 0.447. The highest BCUT2D eigenvalue weighted by Crippen LogP contribution is 2.42. The van der Waals surface area contributed by atoms with Crippen LogP contribution in [0.3, 0.4) is 0 Å². The van der Waals surface area contributed by atoms with E-state index in [1.165, 1.54) is 17.7 Å². The van der Waals surface area contributed by atoms with Crippen LogP contribution >= 0.6 is 23.1 Å². The number of imide groups is 1. The second-order valence-corrected chi connectivity index (χ2v) is 21.4. The number of anilines is 5. The number of nitrogens with zero attached hydrogens (tertiary/aromatic N) is 7. The monoisotopic (exact) mass is 972 g/mol. The van der Waals surface area contributed by atoms with Gasteiger partial charge in [0.15, 0.2) is 0 Å². The van der Waals surface area contributed by atoms with Crippen LogP contribution in [0.2, 0.25) is 0 Å². The predicted octanol–water partition coefficient (Wildman–Crippen LogP) is 7.81. The lowest BCUT2D eigenvalue weighted by Crippen LogP contribution is -2.53. The van der Waals surface area contributed by atoms with Crippen molar-refractivity contribution < 1.29 is 27.7 Å². The average molecular weight is 974 g/mol. The van der Waals surface area contributed by atoms with Crippen molar-refractivity contribution in [2.75, 3.05) is 81.3 Å². The minimum Gasteiger partial charge on any atom is -0.492 e. The summed E-state index contributed by atoms with van der Waals surface area (Å²) in [5.74, 6) is -1.30. The predicted molar refractivity (Wildman–Crippen MR) is 255 cm³/mol. The molecule has 3 saturated heterocycles.